The Morgan fingerprint density at radius 3 is 1.15 bits per heavy atom. The number of hydrogen-bond acceptors (Lipinski definition) is 4. The van der Waals surface area contributed by atoms with Gasteiger partial charge in [0.05, 0.1) is 22.8 Å². The van der Waals surface area contributed by atoms with Gasteiger partial charge < -0.3 is 10.6 Å². The maximum atomic E-state index is 5.30. The van der Waals surface area contributed by atoms with Crippen LogP contribution in [0.5, 0.6) is 0 Å². The van der Waals surface area contributed by atoms with Gasteiger partial charge in [-0.05, 0) is 24.3 Å². The second-order valence-electron chi connectivity index (χ2n) is 8.01. The van der Waals surface area contributed by atoms with Gasteiger partial charge in [0.25, 0.3) is 0 Å². The first-order chi connectivity index (χ1) is 16.8. The van der Waals surface area contributed by atoms with Crippen molar-refractivity contribution in [3.63, 3.8) is 0 Å². The van der Waals surface area contributed by atoms with Gasteiger partial charge >= 0.3 is 0 Å². The van der Waals surface area contributed by atoms with E-state index in [1.54, 1.807) is 0 Å². The van der Waals surface area contributed by atoms with Crippen molar-refractivity contribution in [1.29, 1.82) is 0 Å². The Bertz CT molecular complexity index is 1310. The maximum absolute atomic E-state index is 5.30. The van der Waals surface area contributed by atoms with Crippen LogP contribution in [0, 0.1) is 0 Å². The molecular weight excluding hydrogens is 416 g/mol. The molecule has 0 bridgehead atoms. The van der Waals surface area contributed by atoms with Crippen LogP contribution < -0.4 is 10.6 Å². The SMILES string of the molecule is CNc1cccc(-c2nc(-c3cccc(NC)c3)c(-c3ccccc3)nc2-c2ccccc2)c1. The highest BCUT2D eigenvalue weighted by molar-refractivity contribution is 5.87. The maximum Gasteiger partial charge on any atom is 0.0974 e. The van der Waals surface area contributed by atoms with Gasteiger partial charge in [-0.1, -0.05) is 84.9 Å². The Labute approximate surface area is 200 Å². The zero-order valence-corrected chi connectivity index (χ0v) is 19.3. The third-order valence-corrected chi connectivity index (χ3v) is 5.84. The fourth-order valence-electron chi connectivity index (χ4n) is 4.08. The molecule has 34 heavy (non-hydrogen) atoms. The summed E-state index contributed by atoms with van der Waals surface area (Å²) >= 11 is 0. The standard InChI is InChI=1S/C30H26N4/c1-31-25-17-9-15-23(19-25)29-27(21-11-5-3-6-12-21)33-28(22-13-7-4-8-14-22)30(34-29)24-16-10-18-26(20-24)32-2/h3-20,31-32H,1-2H3. The van der Waals surface area contributed by atoms with Crippen molar-refractivity contribution in [2.24, 2.45) is 0 Å². The van der Waals surface area contributed by atoms with Crippen LogP contribution in [0.1, 0.15) is 0 Å². The molecule has 166 valence electrons. The molecule has 2 N–H and O–H groups in total. The fourth-order valence-corrected chi connectivity index (χ4v) is 4.08. The van der Waals surface area contributed by atoms with Crippen LogP contribution in [0.25, 0.3) is 45.0 Å². The van der Waals surface area contributed by atoms with Gasteiger partial charge in [-0.25, -0.2) is 9.97 Å². The monoisotopic (exact) mass is 442 g/mol. The normalized spacial score (nSPS) is 10.6. The third kappa shape index (κ3) is 4.26. The van der Waals surface area contributed by atoms with Crippen molar-refractivity contribution >= 4 is 11.4 Å². The van der Waals surface area contributed by atoms with Crippen LogP contribution in [0.3, 0.4) is 0 Å². The lowest BCUT2D eigenvalue weighted by atomic mass is 9.99. The van der Waals surface area contributed by atoms with E-state index < -0.39 is 0 Å². The summed E-state index contributed by atoms with van der Waals surface area (Å²) in [7, 11) is 3.85. The van der Waals surface area contributed by atoms with E-state index in [1.165, 1.54) is 0 Å². The number of anilines is 2. The number of hydrogen-bond donors (Lipinski definition) is 2. The Kier molecular flexibility index (Phi) is 6.04. The smallest absolute Gasteiger partial charge is 0.0974 e. The summed E-state index contributed by atoms with van der Waals surface area (Å²) in [6.45, 7) is 0. The van der Waals surface area contributed by atoms with Crippen LogP contribution >= 0.6 is 0 Å². The number of aromatic nitrogens is 2. The molecule has 0 spiro atoms. The van der Waals surface area contributed by atoms with Gasteiger partial charge in [-0.2, -0.15) is 0 Å². The predicted octanol–water partition coefficient (Wildman–Crippen LogP) is 7.23. The summed E-state index contributed by atoms with van der Waals surface area (Å²) in [5.41, 5.74) is 9.60. The summed E-state index contributed by atoms with van der Waals surface area (Å²) in [6, 6.07) is 37.2. The lowest BCUT2D eigenvalue weighted by molar-refractivity contribution is 1.21. The van der Waals surface area contributed by atoms with Gasteiger partial charge in [-0.3, -0.25) is 0 Å². The average Bonchev–Trinajstić information content (AvgIpc) is 2.93. The highest BCUT2D eigenvalue weighted by Crippen LogP contribution is 2.38. The van der Waals surface area contributed by atoms with Crippen molar-refractivity contribution < 1.29 is 0 Å². The Morgan fingerprint density at radius 1 is 0.412 bits per heavy atom. The number of nitrogens with zero attached hydrogens (tertiary/aromatic N) is 2. The molecule has 0 saturated heterocycles. The molecule has 5 aromatic rings. The molecule has 0 radical (unpaired) electrons. The Morgan fingerprint density at radius 2 is 0.765 bits per heavy atom. The summed E-state index contributed by atoms with van der Waals surface area (Å²) in [5.74, 6) is 0. The van der Waals surface area contributed by atoms with E-state index in [0.717, 1.165) is 56.4 Å². The molecule has 0 fully saturated rings. The Balaban J connectivity index is 1.84. The lowest BCUT2D eigenvalue weighted by Gasteiger charge is -2.17. The van der Waals surface area contributed by atoms with Gasteiger partial charge in [0.2, 0.25) is 0 Å². The summed E-state index contributed by atoms with van der Waals surface area (Å²) < 4.78 is 0. The minimum absolute atomic E-state index is 0.854. The number of benzene rings is 4. The molecule has 4 aromatic carbocycles. The van der Waals surface area contributed by atoms with Gasteiger partial charge in [0.1, 0.15) is 0 Å². The van der Waals surface area contributed by atoms with Gasteiger partial charge in [-0.15, -0.1) is 0 Å². The second-order valence-corrected chi connectivity index (χ2v) is 8.01. The van der Waals surface area contributed by atoms with E-state index >= 15 is 0 Å². The highest BCUT2D eigenvalue weighted by Gasteiger charge is 2.19. The molecule has 0 saturated carbocycles. The molecule has 1 heterocycles. The largest absolute Gasteiger partial charge is 0.388 e. The zero-order valence-electron chi connectivity index (χ0n) is 19.3. The Hall–Kier alpha value is -4.44. The molecule has 5 rings (SSSR count). The van der Waals surface area contributed by atoms with Crippen LogP contribution in [-0.2, 0) is 0 Å². The molecule has 0 aliphatic heterocycles. The van der Waals surface area contributed by atoms with E-state index in [0.29, 0.717) is 0 Å². The number of rotatable bonds is 6. The van der Waals surface area contributed by atoms with E-state index in [9.17, 15) is 0 Å². The molecule has 4 nitrogen and oxygen atoms in total. The highest BCUT2D eigenvalue weighted by atomic mass is 14.9. The van der Waals surface area contributed by atoms with E-state index in [2.05, 4.69) is 71.3 Å². The molecule has 0 aliphatic carbocycles. The summed E-state index contributed by atoms with van der Waals surface area (Å²) in [6.07, 6.45) is 0. The minimum atomic E-state index is 0.854. The molecule has 0 unspecified atom stereocenters. The van der Waals surface area contributed by atoms with E-state index in [4.69, 9.17) is 9.97 Å². The van der Waals surface area contributed by atoms with Crippen LogP contribution in [0.4, 0.5) is 11.4 Å². The van der Waals surface area contributed by atoms with Gasteiger partial charge in [0.15, 0.2) is 0 Å². The van der Waals surface area contributed by atoms with Crippen LogP contribution in [-0.4, -0.2) is 24.1 Å². The van der Waals surface area contributed by atoms with Crippen molar-refractivity contribution in [3.05, 3.63) is 109 Å². The molecule has 0 atom stereocenters. The first-order valence-corrected chi connectivity index (χ1v) is 11.4. The summed E-state index contributed by atoms with van der Waals surface area (Å²) in [5, 5.41) is 6.48. The van der Waals surface area contributed by atoms with Crippen molar-refractivity contribution in [2.45, 2.75) is 0 Å². The van der Waals surface area contributed by atoms with E-state index in [1.807, 2.05) is 62.6 Å². The zero-order chi connectivity index (χ0) is 23.3. The molecular formula is C30H26N4. The number of nitrogens with one attached hydrogen (secondary N) is 2. The van der Waals surface area contributed by atoms with Gasteiger partial charge in [0, 0.05) is 47.7 Å². The topological polar surface area (TPSA) is 49.8 Å². The average molecular weight is 443 g/mol. The fraction of sp³-hybridized carbons (Fsp3) is 0.0667. The van der Waals surface area contributed by atoms with Crippen molar-refractivity contribution in [2.75, 3.05) is 24.7 Å². The predicted molar refractivity (Wildman–Crippen MR) is 143 cm³/mol. The van der Waals surface area contributed by atoms with Crippen molar-refractivity contribution in [3.8, 4) is 45.0 Å². The summed E-state index contributed by atoms with van der Waals surface area (Å²) in [4.78, 5) is 10.6. The lowest BCUT2D eigenvalue weighted by Crippen LogP contribution is -2.01. The van der Waals surface area contributed by atoms with Crippen LogP contribution in [0.15, 0.2) is 109 Å². The molecule has 0 amide bonds. The molecule has 1 aromatic heterocycles. The van der Waals surface area contributed by atoms with Crippen LogP contribution in [0.2, 0.25) is 0 Å². The molecule has 0 aliphatic rings. The van der Waals surface area contributed by atoms with E-state index in [-0.39, 0.29) is 0 Å². The second kappa shape index (κ2) is 9.59. The minimum Gasteiger partial charge on any atom is -0.388 e. The first-order valence-electron chi connectivity index (χ1n) is 11.4. The van der Waals surface area contributed by atoms with Crippen molar-refractivity contribution in [1.82, 2.24) is 9.97 Å². The molecule has 4 heteroatoms. The first kappa shape index (κ1) is 21.4. The third-order valence-electron chi connectivity index (χ3n) is 5.84. The quantitative estimate of drug-likeness (QED) is 0.291.